The van der Waals surface area contributed by atoms with Gasteiger partial charge in [0.15, 0.2) is 0 Å². The summed E-state index contributed by atoms with van der Waals surface area (Å²) in [5.41, 5.74) is 5.63. The lowest BCUT2D eigenvalue weighted by molar-refractivity contribution is 0.0735. The topological polar surface area (TPSA) is 37.6 Å². The molecule has 4 nitrogen and oxygen atoms in total. The first-order valence-electron chi connectivity index (χ1n) is 7.67. The van der Waals surface area contributed by atoms with E-state index in [0.29, 0.717) is 5.69 Å². The van der Waals surface area contributed by atoms with Gasteiger partial charge in [-0.2, -0.15) is 0 Å². The van der Waals surface area contributed by atoms with Crippen molar-refractivity contribution in [2.24, 2.45) is 0 Å². The fourth-order valence-electron chi connectivity index (χ4n) is 3.27. The number of imidazole rings is 1. The second-order valence-corrected chi connectivity index (χ2v) is 5.97. The maximum Gasteiger partial charge on any atom is 0.272 e. The molecule has 0 unspecified atom stereocenters. The van der Waals surface area contributed by atoms with Crippen molar-refractivity contribution in [2.75, 3.05) is 13.1 Å². The van der Waals surface area contributed by atoms with Gasteiger partial charge in [0.2, 0.25) is 0 Å². The molecular weight excluding hydrogens is 262 g/mol. The highest BCUT2D eigenvalue weighted by atomic mass is 16.2. The van der Waals surface area contributed by atoms with Crippen molar-refractivity contribution in [1.29, 1.82) is 0 Å². The van der Waals surface area contributed by atoms with E-state index in [2.05, 4.69) is 4.98 Å². The lowest BCUT2D eigenvalue weighted by Crippen LogP contribution is -2.37. The molecule has 2 aromatic rings. The highest BCUT2D eigenvalue weighted by Gasteiger charge is 2.27. The fraction of sp³-hybridized carbons (Fsp3) is 0.412. The minimum atomic E-state index is 0.117. The van der Waals surface area contributed by atoms with Gasteiger partial charge in [0, 0.05) is 19.3 Å². The van der Waals surface area contributed by atoms with Gasteiger partial charge in [-0.05, 0) is 44.7 Å². The summed E-state index contributed by atoms with van der Waals surface area (Å²) >= 11 is 0. The van der Waals surface area contributed by atoms with Gasteiger partial charge in [-0.3, -0.25) is 9.20 Å². The molecule has 1 saturated heterocycles. The molecule has 2 aromatic heterocycles. The van der Waals surface area contributed by atoms with Crippen LogP contribution in [0.2, 0.25) is 0 Å². The van der Waals surface area contributed by atoms with E-state index in [-0.39, 0.29) is 5.91 Å². The molecule has 0 atom stereocenters. The summed E-state index contributed by atoms with van der Waals surface area (Å²) < 4.78 is 1.91. The number of rotatable bonds is 1. The molecule has 2 aliphatic rings. The second-order valence-electron chi connectivity index (χ2n) is 5.97. The number of amides is 1. The van der Waals surface area contributed by atoms with Gasteiger partial charge in [0.25, 0.3) is 5.91 Å². The molecule has 0 bridgehead atoms. The van der Waals surface area contributed by atoms with Crippen molar-refractivity contribution in [1.82, 2.24) is 14.3 Å². The first kappa shape index (κ1) is 12.6. The number of carbonyl (C=O) groups is 1. The van der Waals surface area contributed by atoms with Gasteiger partial charge in [-0.15, -0.1) is 0 Å². The Morgan fingerprint density at radius 1 is 1.10 bits per heavy atom. The lowest BCUT2D eigenvalue weighted by atomic mass is 10.0. The predicted octanol–water partition coefficient (Wildman–Crippen LogP) is 2.97. The number of fused-ring (bicyclic) bond motifs is 1. The molecule has 1 saturated carbocycles. The van der Waals surface area contributed by atoms with Crippen LogP contribution in [0.1, 0.15) is 41.9 Å². The number of carbonyl (C=O) groups excluding carboxylic acids is 1. The number of likely N-dealkylation sites (tertiary alicyclic amines) is 1. The molecular formula is C17H19N3O. The van der Waals surface area contributed by atoms with Crippen LogP contribution in [-0.4, -0.2) is 33.3 Å². The van der Waals surface area contributed by atoms with Crippen molar-refractivity contribution in [2.45, 2.75) is 32.6 Å². The van der Waals surface area contributed by atoms with Crippen LogP contribution < -0.4 is 0 Å². The van der Waals surface area contributed by atoms with Crippen LogP contribution in [0.4, 0.5) is 0 Å². The van der Waals surface area contributed by atoms with Crippen LogP contribution >= 0.6 is 0 Å². The van der Waals surface area contributed by atoms with Crippen molar-refractivity contribution in [3.8, 4) is 0 Å². The Balaban J connectivity index is 1.62. The van der Waals surface area contributed by atoms with Crippen molar-refractivity contribution >= 4 is 11.6 Å². The van der Waals surface area contributed by atoms with Gasteiger partial charge >= 0.3 is 0 Å². The number of hydrogen-bond donors (Lipinski definition) is 0. The van der Waals surface area contributed by atoms with Gasteiger partial charge in [0.1, 0.15) is 11.3 Å². The number of allylic oxidation sites excluding steroid dienone is 1. The summed E-state index contributed by atoms with van der Waals surface area (Å²) in [6.07, 6.45) is 6.60. The molecule has 4 heteroatoms. The molecule has 3 heterocycles. The molecule has 0 spiro atoms. The maximum absolute atomic E-state index is 12.8. The number of aryl methyl sites for hydroxylation is 1. The van der Waals surface area contributed by atoms with Crippen LogP contribution in [-0.2, 0) is 0 Å². The SMILES string of the molecule is Cc1nc2ccccn2c1C(=O)N1CCC(=C2CC2)CC1. The molecule has 1 amide bonds. The van der Waals surface area contributed by atoms with Crippen LogP contribution in [0.3, 0.4) is 0 Å². The van der Waals surface area contributed by atoms with E-state index < -0.39 is 0 Å². The highest BCUT2D eigenvalue weighted by Crippen LogP contribution is 2.36. The van der Waals surface area contributed by atoms with E-state index in [1.165, 1.54) is 12.8 Å². The third kappa shape index (κ3) is 2.15. The van der Waals surface area contributed by atoms with Crippen LogP contribution in [0.15, 0.2) is 35.5 Å². The highest BCUT2D eigenvalue weighted by molar-refractivity contribution is 5.94. The Morgan fingerprint density at radius 3 is 2.52 bits per heavy atom. The van der Waals surface area contributed by atoms with Gasteiger partial charge in [0.05, 0.1) is 5.69 Å². The Morgan fingerprint density at radius 2 is 1.81 bits per heavy atom. The summed E-state index contributed by atoms with van der Waals surface area (Å²) in [6.45, 7) is 3.61. The molecule has 0 radical (unpaired) electrons. The Bertz CT molecular complexity index is 740. The summed E-state index contributed by atoms with van der Waals surface area (Å²) in [5, 5.41) is 0. The molecule has 108 valence electrons. The molecule has 4 rings (SSSR count). The molecule has 2 fully saturated rings. The van der Waals surface area contributed by atoms with Crippen molar-refractivity contribution < 1.29 is 4.79 Å². The largest absolute Gasteiger partial charge is 0.337 e. The Hall–Kier alpha value is -2.10. The zero-order valence-electron chi connectivity index (χ0n) is 12.3. The number of nitrogens with zero attached hydrogens (tertiary/aromatic N) is 3. The van der Waals surface area contributed by atoms with Crippen molar-refractivity contribution in [3.63, 3.8) is 0 Å². The first-order chi connectivity index (χ1) is 10.2. The number of pyridine rings is 1. The lowest BCUT2D eigenvalue weighted by Gasteiger charge is -2.28. The molecule has 1 aliphatic heterocycles. The monoisotopic (exact) mass is 281 g/mol. The normalized spacial score (nSPS) is 18.4. The van der Waals surface area contributed by atoms with Gasteiger partial charge in [-0.25, -0.2) is 4.98 Å². The van der Waals surface area contributed by atoms with Crippen LogP contribution in [0, 0.1) is 6.92 Å². The minimum Gasteiger partial charge on any atom is -0.337 e. The molecule has 0 N–H and O–H groups in total. The smallest absolute Gasteiger partial charge is 0.272 e. The van der Waals surface area contributed by atoms with E-state index in [1.54, 1.807) is 11.1 Å². The third-order valence-corrected chi connectivity index (χ3v) is 4.56. The Labute approximate surface area is 124 Å². The standard InChI is InChI=1S/C17H19N3O/c1-12-16(20-9-3-2-4-15(20)18-12)17(21)19-10-7-14(8-11-19)13-5-6-13/h2-4,9H,5-8,10-11H2,1H3. The number of aromatic nitrogens is 2. The average Bonchev–Trinajstić information content (AvgIpc) is 3.29. The zero-order valence-corrected chi connectivity index (χ0v) is 12.3. The average molecular weight is 281 g/mol. The summed E-state index contributed by atoms with van der Waals surface area (Å²) in [4.78, 5) is 19.3. The quantitative estimate of drug-likeness (QED) is 0.754. The van der Waals surface area contributed by atoms with Crippen LogP contribution in [0.5, 0.6) is 0 Å². The summed E-state index contributed by atoms with van der Waals surface area (Å²) in [6, 6.07) is 5.83. The summed E-state index contributed by atoms with van der Waals surface area (Å²) in [5.74, 6) is 0.117. The summed E-state index contributed by atoms with van der Waals surface area (Å²) in [7, 11) is 0. The first-order valence-corrected chi connectivity index (χ1v) is 7.67. The van der Waals surface area contributed by atoms with E-state index in [0.717, 1.165) is 37.3 Å². The second kappa shape index (κ2) is 4.72. The van der Waals surface area contributed by atoms with E-state index >= 15 is 0 Å². The minimum absolute atomic E-state index is 0.117. The zero-order chi connectivity index (χ0) is 14.4. The third-order valence-electron chi connectivity index (χ3n) is 4.56. The predicted molar refractivity (Wildman–Crippen MR) is 81.3 cm³/mol. The number of hydrogen-bond acceptors (Lipinski definition) is 2. The van der Waals surface area contributed by atoms with Crippen LogP contribution in [0.25, 0.3) is 5.65 Å². The van der Waals surface area contributed by atoms with E-state index in [1.807, 2.05) is 40.6 Å². The van der Waals surface area contributed by atoms with E-state index in [9.17, 15) is 4.79 Å². The van der Waals surface area contributed by atoms with Crippen molar-refractivity contribution in [3.05, 3.63) is 46.9 Å². The Kier molecular flexibility index (Phi) is 2.84. The molecule has 1 aliphatic carbocycles. The van der Waals surface area contributed by atoms with Gasteiger partial charge in [-0.1, -0.05) is 17.2 Å². The van der Waals surface area contributed by atoms with Gasteiger partial charge < -0.3 is 4.90 Å². The van der Waals surface area contributed by atoms with E-state index in [4.69, 9.17) is 0 Å². The number of piperidine rings is 1. The molecule has 0 aromatic carbocycles. The maximum atomic E-state index is 12.8. The molecule has 21 heavy (non-hydrogen) atoms. The fourth-order valence-corrected chi connectivity index (χ4v) is 3.27.